The van der Waals surface area contributed by atoms with Crippen molar-refractivity contribution in [1.29, 1.82) is 0 Å². The zero-order valence-corrected chi connectivity index (χ0v) is 16.9. The topological polar surface area (TPSA) is 105 Å². The van der Waals surface area contributed by atoms with Gasteiger partial charge in [-0.15, -0.1) is 0 Å². The van der Waals surface area contributed by atoms with Crippen molar-refractivity contribution in [2.75, 3.05) is 38.5 Å². The molecule has 1 heterocycles. The summed E-state index contributed by atoms with van der Waals surface area (Å²) >= 11 is 0. The first-order chi connectivity index (χ1) is 14.4. The average molecular weight is 412 g/mol. The van der Waals surface area contributed by atoms with Crippen LogP contribution in [0, 0.1) is 10.1 Å². The Kier molecular flexibility index (Phi) is 6.63. The van der Waals surface area contributed by atoms with E-state index >= 15 is 0 Å². The van der Waals surface area contributed by atoms with Crippen LogP contribution in [0.1, 0.15) is 17.3 Å². The molecule has 158 valence electrons. The number of nitrogens with zero attached hydrogens (tertiary/aromatic N) is 3. The van der Waals surface area contributed by atoms with Crippen molar-refractivity contribution in [2.45, 2.75) is 13.0 Å². The van der Waals surface area contributed by atoms with Crippen molar-refractivity contribution in [3.63, 3.8) is 0 Å². The molecule has 0 saturated carbocycles. The number of likely N-dealkylation sites (N-methyl/N-ethyl adjacent to an activating group) is 1. The van der Waals surface area contributed by atoms with Crippen molar-refractivity contribution >= 4 is 23.2 Å². The van der Waals surface area contributed by atoms with E-state index in [1.807, 2.05) is 7.05 Å². The highest BCUT2D eigenvalue weighted by molar-refractivity contribution is 6.04. The first-order valence-corrected chi connectivity index (χ1v) is 9.64. The molecule has 9 nitrogen and oxygen atoms in total. The fourth-order valence-corrected chi connectivity index (χ4v) is 3.14. The van der Waals surface area contributed by atoms with Gasteiger partial charge in [0.15, 0.2) is 11.9 Å². The number of hydrogen-bond donors (Lipinski definition) is 1. The number of anilines is 1. The zero-order valence-electron chi connectivity index (χ0n) is 16.9. The second-order valence-electron chi connectivity index (χ2n) is 7.12. The van der Waals surface area contributed by atoms with Crippen LogP contribution in [-0.2, 0) is 4.79 Å². The Morgan fingerprint density at radius 1 is 1.07 bits per heavy atom. The monoisotopic (exact) mass is 412 g/mol. The number of piperazine rings is 1. The third-order valence-corrected chi connectivity index (χ3v) is 4.94. The summed E-state index contributed by atoms with van der Waals surface area (Å²) in [7, 11) is 2.01. The maximum Gasteiger partial charge on any atom is 0.310 e. The number of rotatable bonds is 6. The Bertz CT molecular complexity index is 940. The fraction of sp³-hybridized carbons (Fsp3) is 0.333. The van der Waals surface area contributed by atoms with Gasteiger partial charge >= 0.3 is 5.69 Å². The highest BCUT2D eigenvalue weighted by Crippen LogP contribution is 2.27. The van der Waals surface area contributed by atoms with E-state index in [9.17, 15) is 19.7 Å². The summed E-state index contributed by atoms with van der Waals surface area (Å²) in [4.78, 5) is 40.1. The van der Waals surface area contributed by atoms with Crippen LogP contribution in [0.25, 0.3) is 0 Å². The predicted molar refractivity (Wildman–Crippen MR) is 112 cm³/mol. The van der Waals surface area contributed by atoms with Gasteiger partial charge in [0, 0.05) is 32.2 Å². The number of carbonyl (C=O) groups excluding carboxylic acids is 2. The molecular formula is C21H24N4O5. The molecule has 0 spiro atoms. The van der Waals surface area contributed by atoms with Gasteiger partial charge in [-0.3, -0.25) is 19.7 Å². The molecule has 0 aromatic heterocycles. The Morgan fingerprint density at radius 3 is 2.40 bits per heavy atom. The van der Waals surface area contributed by atoms with Crippen LogP contribution in [0.5, 0.6) is 5.75 Å². The molecule has 1 unspecified atom stereocenters. The summed E-state index contributed by atoms with van der Waals surface area (Å²) in [5.74, 6) is -0.648. The number of carbonyl (C=O) groups is 2. The number of hydrogen-bond acceptors (Lipinski definition) is 6. The zero-order chi connectivity index (χ0) is 21.7. The minimum atomic E-state index is -1.00. The quantitative estimate of drug-likeness (QED) is 0.577. The van der Waals surface area contributed by atoms with Gasteiger partial charge in [-0.1, -0.05) is 24.3 Å². The summed E-state index contributed by atoms with van der Waals surface area (Å²) in [5.41, 5.74) is 0.556. The SMILES string of the molecule is CC(Oc1ccccc1[N+](=O)[O-])C(=O)Nc1ccccc1C(=O)N1CCN(C)CC1. The molecule has 0 radical (unpaired) electrons. The van der Waals surface area contributed by atoms with Crippen molar-refractivity contribution in [3.05, 3.63) is 64.2 Å². The second-order valence-corrected chi connectivity index (χ2v) is 7.12. The van der Waals surface area contributed by atoms with Crippen LogP contribution in [0.4, 0.5) is 11.4 Å². The lowest BCUT2D eigenvalue weighted by Gasteiger charge is -2.32. The van der Waals surface area contributed by atoms with Crippen LogP contribution in [0.3, 0.4) is 0 Å². The van der Waals surface area contributed by atoms with Crippen LogP contribution in [-0.4, -0.2) is 65.9 Å². The van der Waals surface area contributed by atoms with E-state index in [-0.39, 0.29) is 17.3 Å². The molecule has 1 fully saturated rings. The van der Waals surface area contributed by atoms with E-state index < -0.39 is 16.9 Å². The van der Waals surface area contributed by atoms with E-state index in [1.54, 1.807) is 35.2 Å². The maximum atomic E-state index is 12.9. The third-order valence-electron chi connectivity index (χ3n) is 4.94. The number of ether oxygens (including phenoxy) is 1. The Balaban J connectivity index is 1.71. The van der Waals surface area contributed by atoms with E-state index in [4.69, 9.17) is 4.74 Å². The van der Waals surface area contributed by atoms with Gasteiger partial charge in [-0.25, -0.2) is 0 Å². The number of nitro benzene ring substituents is 1. The Morgan fingerprint density at radius 2 is 1.70 bits per heavy atom. The summed E-state index contributed by atoms with van der Waals surface area (Å²) in [6, 6.07) is 12.7. The van der Waals surface area contributed by atoms with Crippen molar-refractivity contribution in [2.24, 2.45) is 0 Å². The lowest BCUT2D eigenvalue weighted by Crippen LogP contribution is -2.47. The minimum absolute atomic E-state index is 0.00643. The van der Waals surface area contributed by atoms with Gasteiger partial charge in [0.25, 0.3) is 11.8 Å². The van der Waals surface area contributed by atoms with E-state index in [1.165, 1.54) is 25.1 Å². The number of benzene rings is 2. The predicted octanol–water partition coefficient (Wildman–Crippen LogP) is 2.39. The van der Waals surface area contributed by atoms with Gasteiger partial charge < -0.3 is 19.9 Å². The molecule has 2 amide bonds. The molecule has 3 rings (SSSR count). The molecule has 2 aromatic carbocycles. The fourth-order valence-electron chi connectivity index (χ4n) is 3.14. The number of nitro groups is 1. The summed E-state index contributed by atoms with van der Waals surface area (Å²) in [6.45, 7) is 4.32. The normalized spacial score (nSPS) is 15.3. The lowest BCUT2D eigenvalue weighted by molar-refractivity contribution is -0.386. The van der Waals surface area contributed by atoms with Gasteiger partial charge in [0.1, 0.15) is 0 Å². The molecule has 1 atom stereocenters. The minimum Gasteiger partial charge on any atom is -0.474 e. The third kappa shape index (κ3) is 4.93. The van der Waals surface area contributed by atoms with Crippen LogP contribution in [0.2, 0.25) is 0 Å². The van der Waals surface area contributed by atoms with Gasteiger partial charge in [-0.2, -0.15) is 0 Å². The van der Waals surface area contributed by atoms with Crippen LogP contribution < -0.4 is 10.1 Å². The standard InChI is InChI=1S/C21H24N4O5/c1-15(30-19-10-6-5-9-18(19)25(28)29)20(26)22-17-8-4-3-7-16(17)21(27)24-13-11-23(2)12-14-24/h3-10,15H,11-14H2,1-2H3,(H,22,26). The number of para-hydroxylation sites is 3. The van der Waals surface area contributed by atoms with E-state index in [0.29, 0.717) is 24.3 Å². The van der Waals surface area contributed by atoms with E-state index in [0.717, 1.165) is 13.1 Å². The van der Waals surface area contributed by atoms with Crippen molar-refractivity contribution in [3.8, 4) is 5.75 Å². The molecule has 0 aliphatic carbocycles. The van der Waals surface area contributed by atoms with Crippen molar-refractivity contribution < 1.29 is 19.2 Å². The molecule has 0 bridgehead atoms. The molecule has 2 aromatic rings. The van der Waals surface area contributed by atoms with Gasteiger partial charge in [0.05, 0.1) is 16.2 Å². The molecule has 1 aliphatic heterocycles. The second kappa shape index (κ2) is 9.36. The summed E-state index contributed by atoms with van der Waals surface area (Å²) in [6.07, 6.45) is -1.00. The average Bonchev–Trinajstić information content (AvgIpc) is 2.74. The van der Waals surface area contributed by atoms with Crippen LogP contribution in [0.15, 0.2) is 48.5 Å². The maximum absolute atomic E-state index is 12.9. The largest absolute Gasteiger partial charge is 0.474 e. The molecule has 30 heavy (non-hydrogen) atoms. The van der Waals surface area contributed by atoms with Crippen molar-refractivity contribution in [1.82, 2.24) is 9.80 Å². The summed E-state index contributed by atoms with van der Waals surface area (Å²) < 4.78 is 5.51. The Hall–Kier alpha value is -3.46. The van der Waals surface area contributed by atoms with Gasteiger partial charge in [0.2, 0.25) is 0 Å². The van der Waals surface area contributed by atoms with Crippen LogP contribution >= 0.6 is 0 Å². The molecule has 1 N–H and O–H groups in total. The number of amides is 2. The summed E-state index contributed by atoms with van der Waals surface area (Å²) in [5, 5.41) is 13.9. The molecule has 1 aliphatic rings. The molecule has 9 heteroatoms. The number of nitrogens with one attached hydrogen (secondary N) is 1. The van der Waals surface area contributed by atoms with E-state index in [2.05, 4.69) is 10.2 Å². The highest BCUT2D eigenvalue weighted by atomic mass is 16.6. The molecule has 1 saturated heterocycles. The molecular weight excluding hydrogens is 388 g/mol. The highest BCUT2D eigenvalue weighted by Gasteiger charge is 2.25. The van der Waals surface area contributed by atoms with Gasteiger partial charge in [-0.05, 0) is 32.2 Å². The Labute approximate surface area is 174 Å². The first-order valence-electron chi connectivity index (χ1n) is 9.64. The first kappa shape index (κ1) is 21.3. The smallest absolute Gasteiger partial charge is 0.310 e. The lowest BCUT2D eigenvalue weighted by atomic mass is 10.1.